The van der Waals surface area contributed by atoms with Gasteiger partial charge in [-0.3, -0.25) is 0 Å². The summed E-state index contributed by atoms with van der Waals surface area (Å²) < 4.78 is 2.09. The highest BCUT2D eigenvalue weighted by atomic mass is 32.2. The zero-order valence-corrected chi connectivity index (χ0v) is 8.85. The van der Waals surface area contributed by atoms with Crippen molar-refractivity contribution in [3.05, 3.63) is 29.6 Å². The highest BCUT2D eigenvalue weighted by Gasteiger charge is 2.02. The van der Waals surface area contributed by atoms with E-state index in [0.717, 1.165) is 10.7 Å². The fourth-order valence-corrected chi connectivity index (χ4v) is 1.92. The fourth-order valence-electron chi connectivity index (χ4n) is 1.52. The highest BCUT2D eigenvalue weighted by Crippen LogP contribution is 2.17. The molecule has 2 heterocycles. The van der Waals surface area contributed by atoms with Crippen LogP contribution < -0.4 is 0 Å². The minimum Gasteiger partial charge on any atom is -0.305 e. The van der Waals surface area contributed by atoms with Crippen LogP contribution in [-0.4, -0.2) is 15.6 Å². The van der Waals surface area contributed by atoms with Crippen molar-refractivity contribution in [2.45, 2.75) is 18.9 Å². The van der Waals surface area contributed by atoms with Crippen molar-refractivity contribution in [2.75, 3.05) is 6.26 Å². The summed E-state index contributed by atoms with van der Waals surface area (Å²) in [6.07, 6.45) is 6.22. The molecule has 0 amide bonds. The lowest BCUT2D eigenvalue weighted by atomic mass is 10.2. The van der Waals surface area contributed by atoms with E-state index >= 15 is 0 Å². The molecule has 0 unspecified atom stereocenters. The molecule has 0 saturated heterocycles. The second-order valence-electron chi connectivity index (χ2n) is 3.21. The minimum atomic E-state index is 1.06. The zero-order chi connectivity index (χ0) is 9.42. The molecule has 0 aliphatic heterocycles. The van der Waals surface area contributed by atoms with Crippen molar-refractivity contribution in [1.29, 1.82) is 0 Å². The molecule has 0 fully saturated rings. The first kappa shape index (κ1) is 8.63. The van der Waals surface area contributed by atoms with E-state index in [1.165, 1.54) is 11.1 Å². The van der Waals surface area contributed by atoms with Crippen LogP contribution in [0, 0.1) is 13.8 Å². The number of hydrogen-bond donors (Lipinski definition) is 0. The van der Waals surface area contributed by atoms with E-state index in [-0.39, 0.29) is 0 Å². The van der Waals surface area contributed by atoms with Crippen molar-refractivity contribution in [3.8, 4) is 0 Å². The van der Waals surface area contributed by atoms with Crippen molar-refractivity contribution >= 4 is 17.4 Å². The number of pyridine rings is 1. The molecule has 0 N–H and O–H groups in total. The summed E-state index contributed by atoms with van der Waals surface area (Å²) in [5, 5.41) is 1.08. The summed E-state index contributed by atoms with van der Waals surface area (Å²) >= 11 is 1.68. The topological polar surface area (TPSA) is 17.3 Å². The lowest BCUT2D eigenvalue weighted by molar-refractivity contribution is 1.13. The first-order valence-corrected chi connectivity index (χ1v) is 5.43. The Kier molecular flexibility index (Phi) is 2.04. The standard InChI is InChI=1S/C10H12N2S/c1-7-4-8(2)10-11-9(13-3)6-12(10)5-7/h4-6H,1-3H3. The molecule has 13 heavy (non-hydrogen) atoms. The number of imidazole rings is 1. The molecule has 2 aromatic heterocycles. The summed E-state index contributed by atoms with van der Waals surface area (Å²) in [4.78, 5) is 4.50. The van der Waals surface area contributed by atoms with E-state index in [0.29, 0.717) is 0 Å². The lowest BCUT2D eigenvalue weighted by Gasteiger charge is -1.98. The molecule has 0 aliphatic carbocycles. The number of hydrogen-bond acceptors (Lipinski definition) is 2. The van der Waals surface area contributed by atoms with Gasteiger partial charge in [0.05, 0.1) is 0 Å². The molecule has 0 bridgehead atoms. The average molecular weight is 192 g/mol. The van der Waals surface area contributed by atoms with Crippen LogP contribution in [0.5, 0.6) is 0 Å². The number of aromatic nitrogens is 2. The van der Waals surface area contributed by atoms with E-state index in [4.69, 9.17) is 0 Å². The first-order valence-electron chi connectivity index (χ1n) is 4.20. The van der Waals surface area contributed by atoms with Gasteiger partial charge in [-0.15, -0.1) is 11.8 Å². The molecule has 2 aromatic rings. The maximum absolute atomic E-state index is 4.50. The van der Waals surface area contributed by atoms with Gasteiger partial charge >= 0.3 is 0 Å². The Hall–Kier alpha value is -0.960. The summed E-state index contributed by atoms with van der Waals surface area (Å²) in [7, 11) is 0. The van der Waals surface area contributed by atoms with Crippen LogP contribution in [0.4, 0.5) is 0 Å². The third-order valence-electron chi connectivity index (χ3n) is 2.06. The fraction of sp³-hybridized carbons (Fsp3) is 0.300. The van der Waals surface area contributed by atoms with Gasteiger partial charge in [-0.25, -0.2) is 4.98 Å². The predicted molar refractivity (Wildman–Crippen MR) is 56.4 cm³/mol. The minimum absolute atomic E-state index is 1.06. The number of nitrogens with zero attached hydrogens (tertiary/aromatic N) is 2. The predicted octanol–water partition coefficient (Wildman–Crippen LogP) is 2.67. The Morgan fingerprint density at radius 3 is 2.77 bits per heavy atom. The van der Waals surface area contributed by atoms with Crippen molar-refractivity contribution in [1.82, 2.24) is 9.38 Å². The van der Waals surface area contributed by atoms with Crippen molar-refractivity contribution < 1.29 is 0 Å². The normalized spacial score (nSPS) is 11.0. The van der Waals surface area contributed by atoms with Gasteiger partial charge in [0.15, 0.2) is 0 Å². The third kappa shape index (κ3) is 1.44. The molecule has 0 saturated carbocycles. The Bertz CT molecular complexity index is 445. The van der Waals surface area contributed by atoms with Gasteiger partial charge < -0.3 is 4.40 Å². The van der Waals surface area contributed by atoms with Gasteiger partial charge in [0.25, 0.3) is 0 Å². The van der Waals surface area contributed by atoms with Gasteiger partial charge in [-0.1, -0.05) is 6.07 Å². The molecule has 2 rings (SSSR count). The highest BCUT2D eigenvalue weighted by molar-refractivity contribution is 7.98. The van der Waals surface area contributed by atoms with Gasteiger partial charge in [-0.2, -0.15) is 0 Å². The quantitative estimate of drug-likeness (QED) is 0.646. The molecule has 2 nitrogen and oxygen atoms in total. The van der Waals surface area contributed by atoms with E-state index in [9.17, 15) is 0 Å². The molecule has 3 heteroatoms. The number of rotatable bonds is 1. The van der Waals surface area contributed by atoms with Crippen LogP contribution in [0.1, 0.15) is 11.1 Å². The molecule has 0 aliphatic rings. The molecular weight excluding hydrogens is 180 g/mol. The maximum Gasteiger partial charge on any atom is 0.141 e. The monoisotopic (exact) mass is 192 g/mol. The lowest BCUT2D eigenvalue weighted by Crippen LogP contribution is -1.88. The largest absolute Gasteiger partial charge is 0.305 e. The van der Waals surface area contributed by atoms with Crippen LogP contribution in [0.15, 0.2) is 23.5 Å². The Morgan fingerprint density at radius 2 is 2.08 bits per heavy atom. The summed E-state index contributed by atoms with van der Waals surface area (Å²) in [6.45, 7) is 4.20. The van der Waals surface area contributed by atoms with E-state index in [2.05, 4.69) is 41.7 Å². The van der Waals surface area contributed by atoms with Crippen molar-refractivity contribution in [2.24, 2.45) is 0 Å². The molecular formula is C10H12N2S. The number of thioether (sulfide) groups is 1. The smallest absolute Gasteiger partial charge is 0.141 e. The van der Waals surface area contributed by atoms with Gasteiger partial charge in [0.2, 0.25) is 0 Å². The van der Waals surface area contributed by atoms with Gasteiger partial charge in [0.1, 0.15) is 10.7 Å². The number of fused-ring (bicyclic) bond motifs is 1. The first-order chi connectivity index (χ1) is 6.20. The van der Waals surface area contributed by atoms with E-state index in [1.54, 1.807) is 11.8 Å². The molecule has 0 atom stereocenters. The summed E-state index contributed by atoms with van der Waals surface area (Å²) in [6, 6.07) is 2.16. The molecule has 0 spiro atoms. The molecule has 0 aromatic carbocycles. The van der Waals surface area contributed by atoms with Crippen molar-refractivity contribution in [3.63, 3.8) is 0 Å². The van der Waals surface area contributed by atoms with Gasteiger partial charge in [-0.05, 0) is 31.2 Å². The number of aryl methyl sites for hydroxylation is 2. The summed E-state index contributed by atoms with van der Waals surface area (Å²) in [5.41, 5.74) is 3.57. The Labute approximate surface area is 82.0 Å². The maximum atomic E-state index is 4.50. The Balaban J connectivity index is 2.75. The Morgan fingerprint density at radius 1 is 1.31 bits per heavy atom. The zero-order valence-electron chi connectivity index (χ0n) is 8.03. The van der Waals surface area contributed by atoms with Gasteiger partial charge in [0, 0.05) is 12.4 Å². The third-order valence-corrected chi connectivity index (χ3v) is 2.67. The van der Waals surface area contributed by atoms with Crippen LogP contribution >= 0.6 is 11.8 Å². The van der Waals surface area contributed by atoms with E-state index in [1.807, 2.05) is 6.26 Å². The molecule has 0 radical (unpaired) electrons. The summed E-state index contributed by atoms with van der Waals surface area (Å²) in [5.74, 6) is 0. The second-order valence-corrected chi connectivity index (χ2v) is 4.04. The molecule has 68 valence electrons. The van der Waals surface area contributed by atoms with Crippen LogP contribution in [-0.2, 0) is 0 Å². The second kappa shape index (κ2) is 3.07. The SMILES string of the molecule is CSc1cn2cc(C)cc(C)c2n1. The van der Waals surface area contributed by atoms with Crippen LogP contribution in [0.3, 0.4) is 0 Å². The van der Waals surface area contributed by atoms with E-state index < -0.39 is 0 Å². The van der Waals surface area contributed by atoms with Crippen LogP contribution in [0.25, 0.3) is 5.65 Å². The average Bonchev–Trinajstić information content (AvgIpc) is 2.47. The van der Waals surface area contributed by atoms with Crippen LogP contribution in [0.2, 0.25) is 0 Å².